The first-order valence-corrected chi connectivity index (χ1v) is 8.54. The number of benzene rings is 1. The minimum absolute atomic E-state index is 0. The summed E-state index contributed by atoms with van der Waals surface area (Å²) < 4.78 is 0. The highest BCUT2D eigenvalue weighted by Gasteiger charge is 2.26. The van der Waals surface area contributed by atoms with E-state index in [0.29, 0.717) is 18.2 Å². The summed E-state index contributed by atoms with van der Waals surface area (Å²) in [4.78, 5) is 11.9. The Morgan fingerprint density at radius 2 is 2.05 bits per heavy atom. The van der Waals surface area contributed by atoms with Crippen molar-refractivity contribution < 1.29 is 4.79 Å². The molecule has 0 aromatic heterocycles. The van der Waals surface area contributed by atoms with Crippen LogP contribution < -0.4 is 11.1 Å². The van der Waals surface area contributed by atoms with Crippen LogP contribution >= 0.6 is 35.8 Å². The van der Waals surface area contributed by atoms with Crippen molar-refractivity contribution in [2.75, 3.05) is 12.3 Å². The molecule has 1 aromatic rings. The average molecular weight is 349 g/mol. The lowest BCUT2D eigenvalue weighted by Crippen LogP contribution is -2.40. The van der Waals surface area contributed by atoms with Crippen molar-refractivity contribution in [1.29, 1.82) is 0 Å². The fraction of sp³-hybridized carbons (Fsp3) is 0.533. The number of hydrogen-bond acceptors (Lipinski definition) is 3. The van der Waals surface area contributed by atoms with Crippen LogP contribution in [-0.4, -0.2) is 24.2 Å². The lowest BCUT2D eigenvalue weighted by Gasteiger charge is -2.19. The molecule has 6 heteroatoms. The predicted octanol–water partition coefficient (Wildman–Crippen LogP) is 3.24. The van der Waals surface area contributed by atoms with Crippen molar-refractivity contribution in [3.8, 4) is 0 Å². The van der Waals surface area contributed by atoms with E-state index in [2.05, 4.69) is 5.32 Å². The third kappa shape index (κ3) is 6.07. The number of carbonyl (C=O) groups is 1. The van der Waals surface area contributed by atoms with E-state index in [-0.39, 0.29) is 24.4 Å². The molecule has 3 N–H and O–H groups in total. The van der Waals surface area contributed by atoms with E-state index in [1.54, 1.807) is 11.8 Å². The minimum Gasteiger partial charge on any atom is -0.352 e. The number of thioether (sulfide) groups is 1. The zero-order chi connectivity index (χ0) is 14.4. The van der Waals surface area contributed by atoms with Gasteiger partial charge in [-0.3, -0.25) is 4.79 Å². The normalized spacial score (nSPS) is 20.9. The molecule has 1 aromatic carbocycles. The SMILES string of the molecule is Cl.NCC1CCCC1NC(=O)CSCc1ccc(Cl)cc1. The number of carbonyl (C=O) groups excluding carboxylic acids is 1. The largest absolute Gasteiger partial charge is 0.352 e. The van der Waals surface area contributed by atoms with Crippen LogP contribution in [-0.2, 0) is 10.5 Å². The highest BCUT2D eigenvalue weighted by Crippen LogP contribution is 2.24. The Hall–Kier alpha value is -0.420. The van der Waals surface area contributed by atoms with Gasteiger partial charge in [0, 0.05) is 16.8 Å². The number of amides is 1. The molecule has 2 rings (SSSR count). The second-order valence-electron chi connectivity index (χ2n) is 5.22. The van der Waals surface area contributed by atoms with E-state index < -0.39 is 0 Å². The van der Waals surface area contributed by atoms with Gasteiger partial charge in [-0.05, 0) is 43.0 Å². The van der Waals surface area contributed by atoms with Crippen LogP contribution in [0.15, 0.2) is 24.3 Å². The topological polar surface area (TPSA) is 55.1 Å². The van der Waals surface area contributed by atoms with Crippen molar-refractivity contribution in [2.24, 2.45) is 11.7 Å². The predicted molar refractivity (Wildman–Crippen MR) is 93.2 cm³/mol. The maximum atomic E-state index is 11.9. The van der Waals surface area contributed by atoms with Crippen LogP contribution in [0.5, 0.6) is 0 Å². The monoisotopic (exact) mass is 348 g/mol. The van der Waals surface area contributed by atoms with Gasteiger partial charge in [0.1, 0.15) is 0 Å². The average Bonchev–Trinajstić information content (AvgIpc) is 2.88. The van der Waals surface area contributed by atoms with Gasteiger partial charge in [0.2, 0.25) is 5.91 Å². The molecular formula is C15H22Cl2N2OS. The summed E-state index contributed by atoms with van der Waals surface area (Å²) in [5, 5.41) is 3.86. The molecule has 118 valence electrons. The summed E-state index contributed by atoms with van der Waals surface area (Å²) in [5.41, 5.74) is 6.91. The third-order valence-electron chi connectivity index (χ3n) is 3.72. The van der Waals surface area contributed by atoms with Gasteiger partial charge in [-0.25, -0.2) is 0 Å². The highest BCUT2D eigenvalue weighted by atomic mass is 35.5. The van der Waals surface area contributed by atoms with E-state index >= 15 is 0 Å². The van der Waals surface area contributed by atoms with Gasteiger partial charge < -0.3 is 11.1 Å². The van der Waals surface area contributed by atoms with Gasteiger partial charge in [-0.15, -0.1) is 24.2 Å². The first-order valence-electron chi connectivity index (χ1n) is 7.00. The standard InChI is InChI=1S/C15H21ClN2OS.ClH/c16-13-6-4-11(5-7-13)9-20-10-15(19)18-14-3-1-2-12(14)8-17;/h4-7,12,14H,1-3,8-10,17H2,(H,18,19);1H. The van der Waals surface area contributed by atoms with E-state index in [9.17, 15) is 4.79 Å². The van der Waals surface area contributed by atoms with Gasteiger partial charge in [0.15, 0.2) is 0 Å². The summed E-state index contributed by atoms with van der Waals surface area (Å²) in [7, 11) is 0. The second kappa shape index (κ2) is 9.57. The first kappa shape index (κ1) is 18.6. The van der Waals surface area contributed by atoms with Crippen LogP contribution in [0.25, 0.3) is 0 Å². The molecular weight excluding hydrogens is 327 g/mol. The van der Waals surface area contributed by atoms with Gasteiger partial charge in [0.25, 0.3) is 0 Å². The Labute approximate surface area is 141 Å². The molecule has 1 fully saturated rings. The maximum Gasteiger partial charge on any atom is 0.230 e. The molecule has 3 nitrogen and oxygen atoms in total. The van der Waals surface area contributed by atoms with Crippen molar-refractivity contribution in [1.82, 2.24) is 5.32 Å². The van der Waals surface area contributed by atoms with Crippen molar-refractivity contribution in [3.63, 3.8) is 0 Å². The Balaban J connectivity index is 0.00000220. The fourth-order valence-corrected chi connectivity index (χ4v) is 3.52. The smallest absolute Gasteiger partial charge is 0.230 e. The number of nitrogens with two attached hydrogens (primary N) is 1. The summed E-state index contributed by atoms with van der Waals surface area (Å²) >= 11 is 7.46. The van der Waals surface area contributed by atoms with Crippen LogP contribution in [0.2, 0.25) is 5.02 Å². The van der Waals surface area contributed by atoms with Gasteiger partial charge in [-0.1, -0.05) is 30.2 Å². The summed E-state index contributed by atoms with van der Waals surface area (Å²) in [5.74, 6) is 1.90. The molecule has 0 bridgehead atoms. The molecule has 0 saturated heterocycles. The van der Waals surface area contributed by atoms with E-state index in [0.717, 1.165) is 23.6 Å². The van der Waals surface area contributed by atoms with Crippen LogP contribution in [0.4, 0.5) is 0 Å². The molecule has 1 aliphatic rings. The van der Waals surface area contributed by atoms with Gasteiger partial charge in [-0.2, -0.15) is 0 Å². The number of rotatable bonds is 6. The summed E-state index contributed by atoms with van der Waals surface area (Å²) in [6.07, 6.45) is 3.37. The number of halogens is 2. The van der Waals surface area contributed by atoms with Crippen molar-refractivity contribution in [3.05, 3.63) is 34.9 Å². The lowest BCUT2D eigenvalue weighted by atomic mass is 10.0. The third-order valence-corrected chi connectivity index (χ3v) is 4.98. The van der Waals surface area contributed by atoms with Crippen molar-refractivity contribution in [2.45, 2.75) is 31.1 Å². The fourth-order valence-electron chi connectivity index (χ4n) is 2.60. The molecule has 0 heterocycles. The zero-order valence-electron chi connectivity index (χ0n) is 11.9. The molecule has 1 amide bonds. The van der Waals surface area contributed by atoms with E-state index in [1.807, 2.05) is 24.3 Å². The number of hydrogen-bond donors (Lipinski definition) is 2. The van der Waals surface area contributed by atoms with Crippen LogP contribution in [0, 0.1) is 5.92 Å². The van der Waals surface area contributed by atoms with Gasteiger partial charge in [0.05, 0.1) is 5.75 Å². The molecule has 0 radical (unpaired) electrons. The lowest BCUT2D eigenvalue weighted by molar-refractivity contribution is -0.119. The Morgan fingerprint density at radius 3 is 2.71 bits per heavy atom. The molecule has 0 aliphatic heterocycles. The summed E-state index contributed by atoms with van der Waals surface area (Å²) in [6, 6.07) is 8.02. The zero-order valence-corrected chi connectivity index (χ0v) is 14.3. The molecule has 1 saturated carbocycles. The van der Waals surface area contributed by atoms with Crippen LogP contribution in [0.1, 0.15) is 24.8 Å². The Kier molecular flexibility index (Phi) is 8.49. The Bertz CT molecular complexity index is 442. The van der Waals surface area contributed by atoms with Crippen molar-refractivity contribution >= 4 is 41.7 Å². The quantitative estimate of drug-likeness (QED) is 0.829. The molecule has 0 spiro atoms. The minimum atomic E-state index is 0. The molecule has 21 heavy (non-hydrogen) atoms. The Morgan fingerprint density at radius 1 is 1.33 bits per heavy atom. The van der Waals surface area contributed by atoms with Gasteiger partial charge >= 0.3 is 0 Å². The second-order valence-corrected chi connectivity index (χ2v) is 6.64. The highest BCUT2D eigenvalue weighted by molar-refractivity contribution is 7.99. The van der Waals surface area contributed by atoms with E-state index in [1.165, 1.54) is 12.0 Å². The maximum absolute atomic E-state index is 11.9. The molecule has 2 atom stereocenters. The first-order chi connectivity index (χ1) is 9.69. The molecule has 1 aliphatic carbocycles. The summed E-state index contributed by atoms with van der Waals surface area (Å²) in [6.45, 7) is 0.670. The van der Waals surface area contributed by atoms with E-state index in [4.69, 9.17) is 17.3 Å². The number of nitrogens with one attached hydrogen (secondary N) is 1. The molecule has 2 unspecified atom stereocenters. The van der Waals surface area contributed by atoms with Crippen LogP contribution in [0.3, 0.4) is 0 Å².